The molecule has 2 N–H and O–H groups in total. The first kappa shape index (κ1) is 16.0. The predicted octanol–water partition coefficient (Wildman–Crippen LogP) is 1.77. The maximum Gasteiger partial charge on any atom is 0.326 e. The lowest BCUT2D eigenvalue weighted by atomic mass is 10.0. The summed E-state index contributed by atoms with van der Waals surface area (Å²) in [4.78, 5) is 22.9. The Kier molecular flexibility index (Phi) is 5.55. The van der Waals surface area contributed by atoms with Gasteiger partial charge in [0, 0.05) is 0 Å². The molecule has 110 valence electrons. The van der Waals surface area contributed by atoms with E-state index in [2.05, 4.69) is 5.32 Å². The number of ether oxygens (including phenoxy) is 1. The molecular weight excluding hydrogens is 258 g/mol. The third kappa shape index (κ3) is 4.26. The van der Waals surface area contributed by atoms with Crippen molar-refractivity contribution >= 4 is 11.9 Å². The van der Waals surface area contributed by atoms with Gasteiger partial charge in [0.25, 0.3) is 0 Å². The first-order valence-corrected chi connectivity index (χ1v) is 6.50. The molecule has 0 unspecified atom stereocenters. The smallest absolute Gasteiger partial charge is 0.326 e. The van der Waals surface area contributed by atoms with Crippen LogP contribution in [0.5, 0.6) is 5.75 Å². The molecule has 1 rings (SSSR count). The van der Waals surface area contributed by atoms with E-state index in [1.54, 1.807) is 27.0 Å². The van der Waals surface area contributed by atoms with Crippen molar-refractivity contribution in [2.45, 2.75) is 33.2 Å². The number of carboxylic acid groups (broad SMARTS) is 1. The van der Waals surface area contributed by atoms with Crippen LogP contribution in [0, 0.1) is 12.8 Å². The molecule has 0 aromatic heterocycles. The number of rotatable bonds is 6. The molecule has 1 aromatic carbocycles. The number of aliphatic carboxylic acids is 1. The Balaban J connectivity index is 2.73. The van der Waals surface area contributed by atoms with Crippen molar-refractivity contribution in [3.8, 4) is 5.75 Å². The van der Waals surface area contributed by atoms with Crippen molar-refractivity contribution in [2.24, 2.45) is 5.92 Å². The molecular formula is C15H21NO4. The zero-order chi connectivity index (χ0) is 15.3. The largest absolute Gasteiger partial charge is 0.496 e. The van der Waals surface area contributed by atoms with Crippen LogP contribution < -0.4 is 10.1 Å². The molecule has 0 saturated carbocycles. The second-order valence-electron chi connectivity index (χ2n) is 5.11. The highest BCUT2D eigenvalue weighted by molar-refractivity contribution is 5.85. The van der Waals surface area contributed by atoms with Gasteiger partial charge in [0.1, 0.15) is 11.8 Å². The minimum atomic E-state index is -1.02. The van der Waals surface area contributed by atoms with Gasteiger partial charge in [0.2, 0.25) is 5.91 Å². The normalized spacial score (nSPS) is 12.1. The highest BCUT2D eigenvalue weighted by Crippen LogP contribution is 2.19. The standard InChI is InChI=1S/C15H21NO4/c1-9(2)14(15(18)19)16-13(17)8-11-6-5-10(3)12(7-11)20-4/h5-7,9,14H,8H2,1-4H3,(H,16,17)(H,18,19)/t14-/m0/s1. The van der Waals surface area contributed by atoms with Gasteiger partial charge in [0.15, 0.2) is 0 Å². The van der Waals surface area contributed by atoms with Crippen LogP contribution in [0.1, 0.15) is 25.0 Å². The molecule has 5 heteroatoms. The number of benzene rings is 1. The summed E-state index contributed by atoms with van der Waals surface area (Å²) in [7, 11) is 1.57. The summed E-state index contributed by atoms with van der Waals surface area (Å²) in [6, 6.07) is 4.64. The lowest BCUT2D eigenvalue weighted by Crippen LogP contribution is -2.44. The lowest BCUT2D eigenvalue weighted by Gasteiger charge is -2.18. The zero-order valence-corrected chi connectivity index (χ0v) is 12.3. The van der Waals surface area contributed by atoms with Gasteiger partial charge in [-0.05, 0) is 30.0 Å². The summed E-state index contributed by atoms with van der Waals surface area (Å²) in [5.74, 6) is -0.773. The van der Waals surface area contributed by atoms with Crippen molar-refractivity contribution < 1.29 is 19.4 Å². The van der Waals surface area contributed by atoms with Crippen molar-refractivity contribution in [1.29, 1.82) is 0 Å². The quantitative estimate of drug-likeness (QED) is 0.832. The average molecular weight is 279 g/mol. The van der Waals surface area contributed by atoms with Crippen LogP contribution in [0.4, 0.5) is 0 Å². The predicted molar refractivity (Wildman–Crippen MR) is 75.8 cm³/mol. The van der Waals surface area contributed by atoms with E-state index in [-0.39, 0.29) is 18.2 Å². The fourth-order valence-corrected chi connectivity index (χ4v) is 1.90. The van der Waals surface area contributed by atoms with Crippen LogP contribution in [0.25, 0.3) is 0 Å². The van der Waals surface area contributed by atoms with E-state index in [9.17, 15) is 9.59 Å². The van der Waals surface area contributed by atoms with Crippen LogP contribution >= 0.6 is 0 Å². The van der Waals surface area contributed by atoms with E-state index < -0.39 is 12.0 Å². The van der Waals surface area contributed by atoms with Crippen LogP contribution in [0.2, 0.25) is 0 Å². The topological polar surface area (TPSA) is 75.6 Å². The van der Waals surface area contributed by atoms with Gasteiger partial charge in [-0.1, -0.05) is 26.0 Å². The highest BCUT2D eigenvalue weighted by Gasteiger charge is 2.23. The molecule has 0 heterocycles. The van der Waals surface area contributed by atoms with Gasteiger partial charge in [-0.3, -0.25) is 4.79 Å². The van der Waals surface area contributed by atoms with Gasteiger partial charge in [0.05, 0.1) is 13.5 Å². The molecule has 1 amide bonds. The molecule has 0 bridgehead atoms. The van der Waals surface area contributed by atoms with E-state index in [1.165, 1.54) is 0 Å². The summed E-state index contributed by atoms with van der Waals surface area (Å²) >= 11 is 0. The molecule has 0 fully saturated rings. The monoisotopic (exact) mass is 279 g/mol. The second kappa shape index (κ2) is 6.93. The molecule has 0 aliphatic carbocycles. The fourth-order valence-electron chi connectivity index (χ4n) is 1.90. The van der Waals surface area contributed by atoms with E-state index in [1.807, 2.05) is 19.1 Å². The van der Waals surface area contributed by atoms with Crippen LogP contribution in [0.3, 0.4) is 0 Å². The number of amides is 1. The van der Waals surface area contributed by atoms with E-state index in [0.717, 1.165) is 11.1 Å². The van der Waals surface area contributed by atoms with Gasteiger partial charge in [-0.25, -0.2) is 4.79 Å². The van der Waals surface area contributed by atoms with E-state index >= 15 is 0 Å². The molecule has 5 nitrogen and oxygen atoms in total. The molecule has 0 saturated heterocycles. The summed E-state index contributed by atoms with van der Waals surface area (Å²) in [6.45, 7) is 5.43. The van der Waals surface area contributed by atoms with Crippen LogP contribution in [-0.4, -0.2) is 30.1 Å². The van der Waals surface area contributed by atoms with Crippen LogP contribution in [-0.2, 0) is 16.0 Å². The Hall–Kier alpha value is -2.04. The lowest BCUT2D eigenvalue weighted by molar-refractivity contribution is -0.143. The number of carbonyl (C=O) groups is 2. The maximum absolute atomic E-state index is 11.9. The minimum Gasteiger partial charge on any atom is -0.496 e. The van der Waals surface area contributed by atoms with Gasteiger partial charge < -0.3 is 15.2 Å². The molecule has 0 aliphatic rings. The number of carboxylic acids is 1. The van der Waals surface area contributed by atoms with Gasteiger partial charge in [-0.15, -0.1) is 0 Å². The third-order valence-corrected chi connectivity index (χ3v) is 3.09. The Morgan fingerprint density at radius 3 is 2.50 bits per heavy atom. The number of carbonyl (C=O) groups excluding carboxylic acids is 1. The van der Waals surface area contributed by atoms with Gasteiger partial charge >= 0.3 is 5.97 Å². The number of hydrogen-bond acceptors (Lipinski definition) is 3. The number of methoxy groups -OCH3 is 1. The summed E-state index contributed by atoms with van der Waals surface area (Å²) in [5, 5.41) is 11.6. The summed E-state index contributed by atoms with van der Waals surface area (Å²) in [6.07, 6.45) is 0.132. The second-order valence-corrected chi connectivity index (χ2v) is 5.11. The first-order chi connectivity index (χ1) is 9.35. The zero-order valence-electron chi connectivity index (χ0n) is 12.3. The number of aryl methyl sites for hydroxylation is 1. The average Bonchev–Trinajstić information content (AvgIpc) is 2.37. The first-order valence-electron chi connectivity index (χ1n) is 6.50. The number of hydrogen-bond donors (Lipinski definition) is 2. The Morgan fingerprint density at radius 1 is 1.35 bits per heavy atom. The SMILES string of the molecule is COc1cc(CC(=O)N[C@H](C(=O)O)C(C)C)ccc1C. The Bertz CT molecular complexity index is 497. The molecule has 0 aliphatic heterocycles. The minimum absolute atomic E-state index is 0.132. The molecule has 20 heavy (non-hydrogen) atoms. The fraction of sp³-hybridized carbons (Fsp3) is 0.467. The maximum atomic E-state index is 11.9. The van der Waals surface area contributed by atoms with Crippen molar-refractivity contribution in [1.82, 2.24) is 5.32 Å². The van der Waals surface area contributed by atoms with Crippen molar-refractivity contribution in [3.63, 3.8) is 0 Å². The third-order valence-electron chi connectivity index (χ3n) is 3.09. The Morgan fingerprint density at radius 2 is 2.00 bits per heavy atom. The molecule has 0 radical (unpaired) electrons. The Labute approximate surface area is 118 Å². The van der Waals surface area contributed by atoms with E-state index in [0.29, 0.717) is 5.75 Å². The number of nitrogens with one attached hydrogen (secondary N) is 1. The van der Waals surface area contributed by atoms with E-state index in [4.69, 9.17) is 9.84 Å². The molecule has 0 spiro atoms. The highest BCUT2D eigenvalue weighted by atomic mass is 16.5. The van der Waals surface area contributed by atoms with Gasteiger partial charge in [-0.2, -0.15) is 0 Å². The summed E-state index contributed by atoms with van der Waals surface area (Å²) in [5.41, 5.74) is 1.78. The molecule has 1 aromatic rings. The van der Waals surface area contributed by atoms with Crippen LogP contribution in [0.15, 0.2) is 18.2 Å². The van der Waals surface area contributed by atoms with Crippen molar-refractivity contribution in [3.05, 3.63) is 29.3 Å². The molecule has 1 atom stereocenters. The summed E-state index contributed by atoms with van der Waals surface area (Å²) < 4.78 is 5.20. The van der Waals surface area contributed by atoms with Crippen molar-refractivity contribution in [2.75, 3.05) is 7.11 Å².